The minimum atomic E-state index is -0.772. The molecular formula is C22H12Cl2N4O8. The zero-order chi connectivity index (χ0) is 26.6. The molecular weight excluding hydrogens is 519 g/mol. The topological polar surface area (TPSA) is 173 Å². The number of nitro benzene ring substituents is 4. The van der Waals surface area contributed by atoms with E-state index in [0.29, 0.717) is 11.1 Å². The van der Waals surface area contributed by atoms with Crippen molar-refractivity contribution in [3.05, 3.63) is 123 Å². The van der Waals surface area contributed by atoms with Crippen molar-refractivity contribution >= 4 is 68.2 Å². The summed E-state index contributed by atoms with van der Waals surface area (Å²) in [4.78, 5) is 41.4. The molecule has 0 bridgehead atoms. The number of benzene rings is 3. The molecule has 182 valence electrons. The third-order valence-corrected chi connectivity index (χ3v) is 5.44. The fraction of sp³-hybridized carbons (Fsp3) is 0. The van der Waals surface area contributed by atoms with E-state index in [1.165, 1.54) is 24.3 Å². The predicted molar refractivity (Wildman–Crippen MR) is 133 cm³/mol. The summed E-state index contributed by atoms with van der Waals surface area (Å²) >= 11 is 12.5. The molecule has 3 rings (SSSR count). The van der Waals surface area contributed by atoms with Gasteiger partial charge in [-0.05, 0) is 35.4 Å². The Morgan fingerprint density at radius 3 is 1.17 bits per heavy atom. The molecule has 36 heavy (non-hydrogen) atoms. The molecule has 0 fully saturated rings. The van der Waals surface area contributed by atoms with Crippen molar-refractivity contribution in [1.82, 2.24) is 0 Å². The molecule has 0 radical (unpaired) electrons. The molecule has 3 aromatic rings. The molecule has 0 heterocycles. The van der Waals surface area contributed by atoms with Crippen molar-refractivity contribution in [2.24, 2.45) is 0 Å². The van der Waals surface area contributed by atoms with Gasteiger partial charge in [0.1, 0.15) is 0 Å². The van der Waals surface area contributed by atoms with Crippen molar-refractivity contribution < 1.29 is 19.7 Å². The highest BCUT2D eigenvalue weighted by Gasteiger charge is 2.22. The molecule has 0 atom stereocenters. The number of hydrogen-bond acceptors (Lipinski definition) is 8. The summed E-state index contributed by atoms with van der Waals surface area (Å²) in [5, 5.41) is 44.4. The van der Waals surface area contributed by atoms with E-state index in [1.54, 1.807) is 24.3 Å². The minimum absolute atomic E-state index is 0.00948. The first-order valence-corrected chi connectivity index (χ1v) is 10.4. The van der Waals surface area contributed by atoms with E-state index >= 15 is 0 Å². The summed E-state index contributed by atoms with van der Waals surface area (Å²) in [6.45, 7) is 0. The van der Waals surface area contributed by atoms with Crippen LogP contribution >= 0.6 is 23.2 Å². The van der Waals surface area contributed by atoms with Gasteiger partial charge in [-0.15, -0.1) is 0 Å². The Bertz CT molecular complexity index is 1360. The summed E-state index contributed by atoms with van der Waals surface area (Å²) in [6, 6.07) is 12.6. The van der Waals surface area contributed by atoms with E-state index < -0.39 is 42.4 Å². The van der Waals surface area contributed by atoms with Gasteiger partial charge in [-0.25, -0.2) is 0 Å². The lowest BCUT2D eigenvalue weighted by atomic mass is 10.1. The highest BCUT2D eigenvalue weighted by molar-refractivity contribution is 6.52. The van der Waals surface area contributed by atoms with Crippen LogP contribution in [0.2, 0.25) is 0 Å². The van der Waals surface area contributed by atoms with E-state index in [0.717, 1.165) is 24.3 Å². The van der Waals surface area contributed by atoms with Crippen LogP contribution in [-0.2, 0) is 0 Å². The second kappa shape index (κ2) is 10.7. The fourth-order valence-corrected chi connectivity index (χ4v) is 3.68. The smallest absolute Gasteiger partial charge is 0.258 e. The Kier molecular flexibility index (Phi) is 7.72. The molecule has 0 spiro atoms. The first kappa shape index (κ1) is 25.9. The van der Waals surface area contributed by atoms with Crippen molar-refractivity contribution in [3.8, 4) is 0 Å². The van der Waals surface area contributed by atoms with Crippen LogP contribution in [0.3, 0.4) is 0 Å². The van der Waals surface area contributed by atoms with E-state index in [2.05, 4.69) is 0 Å². The van der Waals surface area contributed by atoms with Gasteiger partial charge < -0.3 is 0 Å². The van der Waals surface area contributed by atoms with Crippen LogP contribution in [0.5, 0.6) is 0 Å². The Balaban J connectivity index is 1.91. The van der Waals surface area contributed by atoms with Gasteiger partial charge in [-0.1, -0.05) is 47.5 Å². The van der Waals surface area contributed by atoms with Crippen LogP contribution in [0.4, 0.5) is 22.7 Å². The summed E-state index contributed by atoms with van der Waals surface area (Å²) < 4.78 is 0. The number of nitro groups is 4. The summed E-state index contributed by atoms with van der Waals surface area (Å²) in [6.07, 6.45) is 2.85. The summed E-state index contributed by atoms with van der Waals surface area (Å²) in [5.41, 5.74) is -0.908. The van der Waals surface area contributed by atoms with Gasteiger partial charge in [0, 0.05) is 12.1 Å². The van der Waals surface area contributed by atoms with Crippen molar-refractivity contribution in [1.29, 1.82) is 0 Å². The average Bonchev–Trinajstić information content (AvgIpc) is 2.84. The fourth-order valence-electron chi connectivity index (χ4n) is 3.11. The zero-order valence-electron chi connectivity index (χ0n) is 17.7. The second-order valence-electron chi connectivity index (χ2n) is 7.08. The Hall–Kier alpha value is -4.68. The van der Waals surface area contributed by atoms with E-state index in [1.807, 2.05) is 0 Å². The number of rotatable bonds is 8. The molecule has 0 saturated carbocycles. The van der Waals surface area contributed by atoms with E-state index in [9.17, 15) is 40.5 Å². The molecule has 14 heteroatoms. The minimum Gasteiger partial charge on any atom is -0.258 e. The van der Waals surface area contributed by atoms with Crippen LogP contribution in [0.25, 0.3) is 22.2 Å². The molecule has 3 aromatic carbocycles. The molecule has 0 aromatic heterocycles. The maximum Gasteiger partial charge on any atom is 0.284 e. The molecule has 0 aliphatic rings. The van der Waals surface area contributed by atoms with E-state index in [-0.39, 0.29) is 21.2 Å². The van der Waals surface area contributed by atoms with Crippen molar-refractivity contribution in [2.75, 3.05) is 0 Å². The number of non-ortho nitro benzene ring substituents is 2. The van der Waals surface area contributed by atoms with Gasteiger partial charge in [0.2, 0.25) is 0 Å². The third kappa shape index (κ3) is 5.87. The van der Waals surface area contributed by atoms with Gasteiger partial charge in [-0.2, -0.15) is 0 Å². The quantitative estimate of drug-likeness (QED) is 0.173. The molecule has 0 amide bonds. The van der Waals surface area contributed by atoms with Crippen LogP contribution in [0.1, 0.15) is 22.3 Å². The summed E-state index contributed by atoms with van der Waals surface area (Å²) in [5.74, 6) is 0. The lowest BCUT2D eigenvalue weighted by Gasteiger charge is -2.04. The predicted octanol–water partition coefficient (Wildman–Crippen LogP) is 6.79. The average molecular weight is 531 g/mol. The number of halogens is 2. The monoisotopic (exact) mass is 530 g/mol. The largest absolute Gasteiger partial charge is 0.284 e. The third-order valence-electron chi connectivity index (χ3n) is 4.82. The maximum absolute atomic E-state index is 11.3. The molecule has 0 aliphatic heterocycles. The lowest BCUT2D eigenvalue weighted by Crippen LogP contribution is -1.96. The lowest BCUT2D eigenvalue weighted by molar-refractivity contribution is -0.394. The molecule has 0 aliphatic carbocycles. The van der Waals surface area contributed by atoms with Gasteiger partial charge in [-0.3, -0.25) is 40.5 Å². The summed E-state index contributed by atoms with van der Waals surface area (Å²) in [7, 11) is 0. The zero-order valence-corrected chi connectivity index (χ0v) is 19.3. The SMILES string of the molecule is O=[N+]([O-])c1ccc(C(Cl)=Cc2ccc(C=C(Cl)c3ccc([N+](=O)[O-])cc3[N+](=O)[O-])cc2)c([N+](=O)[O-])c1. The van der Waals surface area contributed by atoms with Crippen LogP contribution in [-0.4, -0.2) is 19.7 Å². The normalized spacial score (nSPS) is 11.7. The Morgan fingerprint density at radius 2 is 0.889 bits per heavy atom. The standard InChI is InChI=1S/C22H12Cl2N4O8/c23-19(17-7-5-15(25(29)30)11-21(17)27(33)34)9-13-1-2-14(4-3-13)10-20(24)18-8-6-16(26(31)32)12-22(18)28(35)36/h1-12H. The molecule has 0 saturated heterocycles. The van der Waals surface area contributed by atoms with Crippen LogP contribution in [0.15, 0.2) is 60.7 Å². The second-order valence-corrected chi connectivity index (χ2v) is 7.90. The van der Waals surface area contributed by atoms with Gasteiger partial charge in [0.25, 0.3) is 22.7 Å². The Morgan fingerprint density at radius 1 is 0.556 bits per heavy atom. The highest BCUT2D eigenvalue weighted by atomic mass is 35.5. The van der Waals surface area contributed by atoms with Gasteiger partial charge in [0.15, 0.2) is 0 Å². The number of hydrogen-bond donors (Lipinski definition) is 0. The Labute approximate surface area is 211 Å². The van der Waals surface area contributed by atoms with Gasteiger partial charge in [0.05, 0.1) is 53.0 Å². The molecule has 0 unspecified atom stereocenters. The molecule has 12 nitrogen and oxygen atoms in total. The van der Waals surface area contributed by atoms with Crippen molar-refractivity contribution in [3.63, 3.8) is 0 Å². The van der Waals surface area contributed by atoms with E-state index in [4.69, 9.17) is 23.2 Å². The number of nitrogens with zero attached hydrogens (tertiary/aromatic N) is 4. The van der Waals surface area contributed by atoms with Crippen LogP contribution in [0, 0.1) is 40.5 Å². The maximum atomic E-state index is 11.3. The highest BCUT2D eigenvalue weighted by Crippen LogP contribution is 2.35. The first-order chi connectivity index (χ1) is 17.0. The molecule has 0 N–H and O–H groups in total. The van der Waals surface area contributed by atoms with Gasteiger partial charge >= 0.3 is 0 Å². The van der Waals surface area contributed by atoms with Crippen molar-refractivity contribution in [2.45, 2.75) is 0 Å². The first-order valence-electron chi connectivity index (χ1n) is 9.69. The van der Waals surface area contributed by atoms with Crippen LogP contribution < -0.4 is 0 Å².